The minimum absolute atomic E-state index is 0.261. The molecule has 0 spiro atoms. The van der Waals surface area contributed by atoms with Gasteiger partial charge in [0.2, 0.25) is 0 Å². The van der Waals surface area contributed by atoms with E-state index in [1.807, 2.05) is 12.1 Å². The Balaban J connectivity index is 1.59. The van der Waals surface area contributed by atoms with Crippen LogP contribution in [0, 0.1) is 0 Å². The number of aromatic nitrogens is 2. The second kappa shape index (κ2) is 9.98. The highest BCUT2D eigenvalue weighted by atomic mass is 35.5. The van der Waals surface area contributed by atoms with Crippen LogP contribution in [-0.2, 0) is 13.1 Å². The maximum Gasteiger partial charge on any atom is 0.287 e. The lowest BCUT2D eigenvalue weighted by Crippen LogP contribution is -2.33. The molecule has 1 fully saturated rings. The van der Waals surface area contributed by atoms with Gasteiger partial charge in [-0.1, -0.05) is 37.6 Å². The van der Waals surface area contributed by atoms with E-state index in [0.717, 1.165) is 24.9 Å². The van der Waals surface area contributed by atoms with Crippen molar-refractivity contribution in [1.29, 1.82) is 0 Å². The number of likely N-dealkylation sites (N-methyl/N-ethyl adjacent to an activating group) is 1. The van der Waals surface area contributed by atoms with Gasteiger partial charge in [-0.05, 0) is 42.8 Å². The Morgan fingerprint density at radius 3 is 2.67 bits per heavy atom. The van der Waals surface area contributed by atoms with E-state index in [1.54, 1.807) is 16.7 Å². The molecule has 2 aromatic rings. The minimum atomic E-state index is -0.297. The summed E-state index contributed by atoms with van der Waals surface area (Å²) in [4.78, 5) is 30.6. The molecule has 0 saturated heterocycles. The summed E-state index contributed by atoms with van der Waals surface area (Å²) in [6, 6.07) is 7.30. The van der Waals surface area contributed by atoms with E-state index in [1.165, 1.54) is 19.0 Å². The Bertz CT molecular complexity index is 878. The Morgan fingerprint density at radius 1 is 1.37 bits per heavy atom. The molecule has 0 atom stereocenters. The molecule has 1 aliphatic rings. The van der Waals surface area contributed by atoms with Gasteiger partial charge in [0.05, 0.1) is 6.20 Å². The van der Waals surface area contributed by atoms with Gasteiger partial charge < -0.3 is 14.8 Å². The number of carbonyl (C=O) groups is 2. The molecular formula is C22H29ClN4O2S. The molecule has 1 aromatic heterocycles. The Morgan fingerprint density at radius 2 is 2.07 bits per heavy atom. The predicted molar refractivity (Wildman–Crippen MR) is 122 cm³/mol. The number of aldehydes is 1. The summed E-state index contributed by atoms with van der Waals surface area (Å²) in [7, 11) is 2.10. The first-order valence-electron chi connectivity index (χ1n) is 10.2. The van der Waals surface area contributed by atoms with Gasteiger partial charge in [-0.25, -0.2) is 4.98 Å². The lowest BCUT2D eigenvalue weighted by Gasteiger charge is -2.25. The molecule has 1 saturated carbocycles. The molecule has 1 N–H and O–H groups in total. The molecule has 0 bridgehead atoms. The van der Waals surface area contributed by atoms with E-state index in [4.69, 9.17) is 11.6 Å². The fourth-order valence-electron chi connectivity index (χ4n) is 3.56. The van der Waals surface area contributed by atoms with Crippen LogP contribution in [0.4, 0.5) is 0 Å². The van der Waals surface area contributed by atoms with Crippen molar-refractivity contribution in [3.8, 4) is 0 Å². The van der Waals surface area contributed by atoms with Gasteiger partial charge in [0.1, 0.15) is 5.69 Å². The third-order valence-corrected chi connectivity index (χ3v) is 6.89. The average Bonchev–Trinajstić information content (AvgIpc) is 3.31. The number of amides is 1. The van der Waals surface area contributed by atoms with Gasteiger partial charge in [0, 0.05) is 35.9 Å². The molecule has 162 valence electrons. The summed E-state index contributed by atoms with van der Waals surface area (Å²) in [5.74, 6) is -0.0353. The first-order chi connectivity index (χ1) is 14.3. The largest absolute Gasteiger partial charge is 0.345 e. The van der Waals surface area contributed by atoms with Crippen LogP contribution in [0.5, 0.6) is 0 Å². The zero-order valence-electron chi connectivity index (χ0n) is 17.7. The molecule has 30 heavy (non-hydrogen) atoms. The Labute approximate surface area is 187 Å². The predicted octanol–water partition coefficient (Wildman–Crippen LogP) is 3.89. The molecule has 1 aromatic carbocycles. The fourth-order valence-corrected chi connectivity index (χ4v) is 5.32. The number of rotatable bonds is 11. The zero-order valence-corrected chi connectivity index (χ0v) is 19.3. The van der Waals surface area contributed by atoms with E-state index >= 15 is 0 Å². The standard InChI is InChI=1S/C22H29ClN4O2S/c1-16(2)30-22(8-9-22)15-26(3)10-11-27-19(14-28)13-24-20(27)21(29)25-12-17-4-6-18(23)7-5-17/h4-7,13-14,16H,8-12,15H2,1-3H3,(H,25,29). The van der Waals surface area contributed by atoms with Gasteiger partial charge in [-0.15, -0.1) is 0 Å². The summed E-state index contributed by atoms with van der Waals surface area (Å²) in [6.07, 6.45) is 4.72. The monoisotopic (exact) mass is 448 g/mol. The number of carbonyl (C=O) groups excluding carboxylic acids is 2. The zero-order chi connectivity index (χ0) is 21.7. The smallest absolute Gasteiger partial charge is 0.287 e. The van der Waals surface area contributed by atoms with Crippen LogP contribution in [0.15, 0.2) is 30.5 Å². The van der Waals surface area contributed by atoms with E-state index < -0.39 is 0 Å². The number of thioether (sulfide) groups is 1. The number of nitrogens with zero attached hydrogens (tertiary/aromatic N) is 3. The van der Waals surface area contributed by atoms with Crippen molar-refractivity contribution in [2.75, 3.05) is 20.1 Å². The van der Waals surface area contributed by atoms with Gasteiger partial charge in [-0.3, -0.25) is 9.59 Å². The van der Waals surface area contributed by atoms with Crippen LogP contribution in [0.2, 0.25) is 5.02 Å². The highest BCUT2D eigenvalue weighted by Gasteiger charge is 2.44. The van der Waals surface area contributed by atoms with Crippen LogP contribution >= 0.6 is 23.4 Å². The highest BCUT2D eigenvalue weighted by molar-refractivity contribution is 8.01. The molecule has 0 radical (unpaired) electrons. The average molecular weight is 449 g/mol. The lowest BCUT2D eigenvalue weighted by molar-refractivity contribution is 0.0935. The van der Waals surface area contributed by atoms with Crippen LogP contribution in [-0.4, -0.2) is 56.8 Å². The topological polar surface area (TPSA) is 67.2 Å². The molecule has 0 aliphatic heterocycles. The van der Waals surface area contributed by atoms with Gasteiger partial charge in [0.15, 0.2) is 12.1 Å². The number of imidazole rings is 1. The summed E-state index contributed by atoms with van der Waals surface area (Å²) in [5, 5.41) is 4.14. The molecule has 3 rings (SSSR count). The van der Waals surface area contributed by atoms with Crippen LogP contribution < -0.4 is 5.32 Å². The van der Waals surface area contributed by atoms with Crippen molar-refractivity contribution in [3.63, 3.8) is 0 Å². The maximum atomic E-state index is 12.7. The molecular weight excluding hydrogens is 420 g/mol. The van der Waals surface area contributed by atoms with Crippen LogP contribution in [0.25, 0.3) is 0 Å². The van der Waals surface area contributed by atoms with E-state index in [2.05, 4.69) is 47.9 Å². The molecule has 1 heterocycles. The molecule has 1 aliphatic carbocycles. The molecule has 0 unspecified atom stereocenters. The molecule has 8 heteroatoms. The normalized spacial score (nSPS) is 14.9. The third-order valence-electron chi connectivity index (χ3n) is 5.13. The second-order valence-corrected chi connectivity index (χ2v) is 10.7. The second-order valence-electron chi connectivity index (χ2n) is 8.17. The van der Waals surface area contributed by atoms with E-state index in [9.17, 15) is 9.59 Å². The van der Waals surface area contributed by atoms with Crippen LogP contribution in [0.3, 0.4) is 0 Å². The van der Waals surface area contributed by atoms with Crippen molar-refractivity contribution < 1.29 is 9.59 Å². The first kappa shape index (κ1) is 22.8. The third kappa shape index (κ3) is 6.09. The van der Waals surface area contributed by atoms with E-state index in [-0.39, 0.29) is 11.7 Å². The molecule has 6 nitrogen and oxygen atoms in total. The van der Waals surface area contributed by atoms with Crippen molar-refractivity contribution >= 4 is 35.6 Å². The number of hydrogen-bond donors (Lipinski definition) is 1. The fraction of sp³-hybridized carbons (Fsp3) is 0.500. The van der Waals surface area contributed by atoms with Crippen molar-refractivity contribution in [2.24, 2.45) is 0 Å². The number of hydrogen-bond acceptors (Lipinski definition) is 5. The first-order valence-corrected chi connectivity index (χ1v) is 11.5. The lowest BCUT2D eigenvalue weighted by atomic mass is 10.2. The number of benzene rings is 1. The summed E-state index contributed by atoms with van der Waals surface area (Å²) >= 11 is 7.95. The number of halogens is 1. The minimum Gasteiger partial charge on any atom is -0.345 e. The van der Waals surface area contributed by atoms with Crippen LogP contribution in [0.1, 0.15) is 53.4 Å². The van der Waals surface area contributed by atoms with Crippen molar-refractivity contribution in [1.82, 2.24) is 19.8 Å². The Kier molecular flexibility index (Phi) is 7.60. The van der Waals surface area contributed by atoms with Gasteiger partial charge in [0.25, 0.3) is 5.91 Å². The maximum absolute atomic E-state index is 12.7. The highest BCUT2D eigenvalue weighted by Crippen LogP contribution is 2.50. The summed E-state index contributed by atoms with van der Waals surface area (Å²) < 4.78 is 2.07. The Hall–Kier alpha value is -1.83. The van der Waals surface area contributed by atoms with E-state index in [0.29, 0.717) is 33.8 Å². The SMILES string of the molecule is CC(C)SC1(CN(C)CCn2c(C=O)cnc2C(=O)NCc2ccc(Cl)cc2)CC1. The summed E-state index contributed by atoms with van der Waals surface area (Å²) in [5.41, 5.74) is 1.36. The summed E-state index contributed by atoms with van der Waals surface area (Å²) in [6.45, 7) is 7.14. The molecule has 1 amide bonds. The van der Waals surface area contributed by atoms with Gasteiger partial charge in [-0.2, -0.15) is 11.8 Å². The van der Waals surface area contributed by atoms with Crippen molar-refractivity contribution in [3.05, 3.63) is 52.6 Å². The quantitative estimate of drug-likeness (QED) is 0.528. The van der Waals surface area contributed by atoms with Crippen molar-refractivity contribution in [2.45, 2.75) is 49.8 Å². The number of nitrogens with one attached hydrogen (secondary N) is 1. The van der Waals surface area contributed by atoms with Gasteiger partial charge >= 0.3 is 0 Å².